The number of carbonyl (C=O) groups is 2. The zero-order valence-electron chi connectivity index (χ0n) is 16.8. The number of nitrogens with one attached hydrogen (secondary N) is 2. The van der Waals surface area contributed by atoms with Crippen LogP contribution >= 0.6 is 0 Å². The van der Waals surface area contributed by atoms with Crippen molar-refractivity contribution < 1.29 is 19.1 Å². The smallest absolute Gasteiger partial charge is 0.253 e. The largest absolute Gasteiger partial charge is 0.454 e. The molecule has 2 amide bonds. The first-order chi connectivity index (χ1) is 15.2. The second-order valence-corrected chi connectivity index (χ2v) is 6.97. The number of hydrogen-bond acceptors (Lipinski definition) is 4. The van der Waals surface area contributed by atoms with Gasteiger partial charge in [0.1, 0.15) is 0 Å². The molecule has 0 atom stereocenters. The van der Waals surface area contributed by atoms with E-state index in [0.717, 1.165) is 17.5 Å². The lowest BCUT2D eigenvalue weighted by Gasteiger charge is -2.10. The van der Waals surface area contributed by atoms with Gasteiger partial charge in [0.25, 0.3) is 5.91 Å². The fourth-order valence-corrected chi connectivity index (χ4v) is 3.21. The van der Waals surface area contributed by atoms with Crippen LogP contribution in [0.1, 0.15) is 21.5 Å². The Labute approximate surface area is 180 Å². The van der Waals surface area contributed by atoms with Gasteiger partial charge in [-0.05, 0) is 47.9 Å². The first kappa shape index (κ1) is 20.2. The second-order valence-electron chi connectivity index (χ2n) is 6.97. The van der Waals surface area contributed by atoms with E-state index in [-0.39, 0.29) is 18.6 Å². The summed E-state index contributed by atoms with van der Waals surface area (Å²) in [5.74, 6) is 0.780. The van der Waals surface area contributed by atoms with Crippen LogP contribution in [0.3, 0.4) is 0 Å². The quantitative estimate of drug-likeness (QED) is 0.572. The highest BCUT2D eigenvalue weighted by Gasteiger charge is 2.13. The molecule has 0 bridgehead atoms. The lowest BCUT2D eigenvalue weighted by atomic mass is 10.1. The SMILES string of the molecule is O=C(C=Cc1ccc2c(c1)OCO2)Nc1ccccc1C(=O)NCCc1ccccc1. The van der Waals surface area contributed by atoms with Gasteiger partial charge < -0.3 is 20.1 Å². The van der Waals surface area contributed by atoms with Crippen LogP contribution in [-0.4, -0.2) is 25.2 Å². The summed E-state index contributed by atoms with van der Waals surface area (Å²) in [6, 6.07) is 22.3. The van der Waals surface area contributed by atoms with Gasteiger partial charge in [0.05, 0.1) is 11.3 Å². The summed E-state index contributed by atoms with van der Waals surface area (Å²) < 4.78 is 10.6. The van der Waals surface area contributed by atoms with Crippen LogP contribution in [0.5, 0.6) is 11.5 Å². The zero-order chi connectivity index (χ0) is 21.5. The number of anilines is 1. The molecule has 0 unspecified atom stereocenters. The molecule has 4 rings (SSSR count). The van der Waals surface area contributed by atoms with Crippen molar-refractivity contribution in [3.8, 4) is 11.5 Å². The number of para-hydroxylation sites is 1. The molecule has 1 heterocycles. The molecule has 0 aromatic heterocycles. The van der Waals surface area contributed by atoms with E-state index < -0.39 is 0 Å². The summed E-state index contributed by atoms with van der Waals surface area (Å²) >= 11 is 0. The Bertz CT molecular complexity index is 1110. The minimum Gasteiger partial charge on any atom is -0.454 e. The van der Waals surface area contributed by atoms with Gasteiger partial charge in [0.2, 0.25) is 12.7 Å². The highest BCUT2D eigenvalue weighted by molar-refractivity contribution is 6.07. The van der Waals surface area contributed by atoms with E-state index in [0.29, 0.717) is 29.3 Å². The van der Waals surface area contributed by atoms with Crippen LogP contribution < -0.4 is 20.1 Å². The molecule has 3 aromatic rings. The molecular weight excluding hydrogens is 392 g/mol. The monoisotopic (exact) mass is 414 g/mol. The maximum absolute atomic E-state index is 12.6. The third kappa shape index (κ3) is 5.30. The molecule has 0 spiro atoms. The van der Waals surface area contributed by atoms with Gasteiger partial charge in [-0.3, -0.25) is 9.59 Å². The summed E-state index contributed by atoms with van der Waals surface area (Å²) in [5, 5.41) is 5.69. The number of amides is 2. The summed E-state index contributed by atoms with van der Waals surface area (Å²) in [4.78, 5) is 25.0. The van der Waals surface area contributed by atoms with Crippen molar-refractivity contribution >= 4 is 23.6 Å². The molecule has 3 aromatic carbocycles. The predicted octanol–water partition coefficient (Wildman–Crippen LogP) is 4.04. The Balaban J connectivity index is 1.36. The molecule has 6 nitrogen and oxygen atoms in total. The van der Waals surface area contributed by atoms with Gasteiger partial charge in [0, 0.05) is 12.6 Å². The molecule has 0 saturated carbocycles. The van der Waals surface area contributed by atoms with E-state index in [1.807, 2.05) is 36.4 Å². The van der Waals surface area contributed by atoms with E-state index in [1.165, 1.54) is 6.08 Å². The van der Waals surface area contributed by atoms with Crippen molar-refractivity contribution in [2.24, 2.45) is 0 Å². The molecule has 31 heavy (non-hydrogen) atoms. The third-order valence-corrected chi connectivity index (χ3v) is 4.80. The fourth-order valence-electron chi connectivity index (χ4n) is 3.21. The van der Waals surface area contributed by atoms with Gasteiger partial charge in [-0.1, -0.05) is 48.5 Å². The number of ether oxygens (including phenoxy) is 2. The summed E-state index contributed by atoms with van der Waals surface area (Å²) in [5.41, 5.74) is 2.84. The van der Waals surface area contributed by atoms with Crippen molar-refractivity contribution in [2.75, 3.05) is 18.7 Å². The van der Waals surface area contributed by atoms with Gasteiger partial charge in [-0.2, -0.15) is 0 Å². The minimum atomic E-state index is -0.331. The van der Waals surface area contributed by atoms with Crippen molar-refractivity contribution in [3.63, 3.8) is 0 Å². The fraction of sp³-hybridized carbons (Fsp3) is 0.120. The highest BCUT2D eigenvalue weighted by atomic mass is 16.7. The highest BCUT2D eigenvalue weighted by Crippen LogP contribution is 2.32. The van der Waals surface area contributed by atoms with Crippen LogP contribution in [0.25, 0.3) is 6.08 Å². The van der Waals surface area contributed by atoms with Crippen LogP contribution in [0.2, 0.25) is 0 Å². The Morgan fingerprint density at radius 1 is 0.903 bits per heavy atom. The third-order valence-electron chi connectivity index (χ3n) is 4.80. The topological polar surface area (TPSA) is 76.7 Å². The van der Waals surface area contributed by atoms with Gasteiger partial charge in [-0.15, -0.1) is 0 Å². The summed E-state index contributed by atoms with van der Waals surface area (Å²) in [6.45, 7) is 0.711. The van der Waals surface area contributed by atoms with Crippen LogP contribution in [-0.2, 0) is 11.2 Å². The number of hydrogen-bond donors (Lipinski definition) is 2. The number of fused-ring (bicyclic) bond motifs is 1. The van der Waals surface area contributed by atoms with Crippen molar-refractivity contribution in [1.82, 2.24) is 5.32 Å². The van der Waals surface area contributed by atoms with Crippen molar-refractivity contribution in [1.29, 1.82) is 0 Å². The number of carbonyl (C=O) groups excluding carboxylic acids is 2. The van der Waals surface area contributed by atoms with Crippen molar-refractivity contribution in [3.05, 3.63) is 95.6 Å². The maximum atomic E-state index is 12.6. The Morgan fingerprint density at radius 2 is 1.68 bits per heavy atom. The molecule has 6 heteroatoms. The van der Waals surface area contributed by atoms with Crippen LogP contribution in [0, 0.1) is 0 Å². The normalized spacial score (nSPS) is 12.0. The van der Waals surface area contributed by atoms with E-state index in [2.05, 4.69) is 10.6 Å². The molecule has 1 aliphatic heterocycles. The summed E-state index contributed by atoms with van der Waals surface area (Å²) in [7, 11) is 0. The van der Waals surface area contributed by atoms with E-state index in [4.69, 9.17) is 9.47 Å². The van der Waals surface area contributed by atoms with E-state index in [9.17, 15) is 9.59 Å². The van der Waals surface area contributed by atoms with Crippen LogP contribution in [0.4, 0.5) is 5.69 Å². The average molecular weight is 414 g/mol. The maximum Gasteiger partial charge on any atom is 0.253 e. The first-order valence-electron chi connectivity index (χ1n) is 9.99. The lowest BCUT2D eigenvalue weighted by molar-refractivity contribution is -0.111. The molecule has 0 saturated heterocycles. The second kappa shape index (κ2) is 9.63. The molecule has 0 aliphatic carbocycles. The molecule has 1 aliphatic rings. The minimum absolute atomic E-state index is 0.202. The zero-order valence-corrected chi connectivity index (χ0v) is 16.8. The molecule has 0 fully saturated rings. The standard InChI is InChI=1S/C25H22N2O4/c28-24(13-11-19-10-12-22-23(16-19)31-17-30-22)27-21-9-5-4-8-20(21)25(29)26-15-14-18-6-2-1-3-7-18/h1-13,16H,14-15,17H2,(H,26,29)(H,27,28). The van der Waals surface area contributed by atoms with Gasteiger partial charge >= 0.3 is 0 Å². The Hall–Kier alpha value is -4.06. The number of rotatable bonds is 7. The Morgan fingerprint density at radius 3 is 2.55 bits per heavy atom. The molecule has 2 N–H and O–H groups in total. The van der Waals surface area contributed by atoms with E-state index >= 15 is 0 Å². The Kier molecular flexibility index (Phi) is 6.28. The molecule has 0 radical (unpaired) electrons. The first-order valence-corrected chi connectivity index (χ1v) is 9.99. The van der Waals surface area contributed by atoms with Crippen molar-refractivity contribution in [2.45, 2.75) is 6.42 Å². The summed E-state index contributed by atoms with van der Waals surface area (Å²) in [6.07, 6.45) is 3.83. The molecule has 156 valence electrons. The average Bonchev–Trinajstić information content (AvgIpc) is 3.27. The van der Waals surface area contributed by atoms with E-state index in [1.54, 1.807) is 42.5 Å². The predicted molar refractivity (Wildman–Crippen MR) is 119 cm³/mol. The lowest BCUT2D eigenvalue weighted by Crippen LogP contribution is -2.27. The number of benzene rings is 3. The van der Waals surface area contributed by atoms with Crippen LogP contribution in [0.15, 0.2) is 78.9 Å². The van der Waals surface area contributed by atoms with Gasteiger partial charge in [-0.25, -0.2) is 0 Å². The molecular formula is C25H22N2O4. The van der Waals surface area contributed by atoms with Gasteiger partial charge in [0.15, 0.2) is 11.5 Å².